The molecule has 0 radical (unpaired) electrons. The molecule has 0 spiro atoms. The van der Waals surface area contributed by atoms with Crippen LogP contribution >= 0.6 is 0 Å². The van der Waals surface area contributed by atoms with Crippen molar-refractivity contribution < 1.29 is 14.3 Å². The van der Waals surface area contributed by atoms with Gasteiger partial charge in [0.25, 0.3) is 5.91 Å². The Bertz CT molecular complexity index is 414. The Morgan fingerprint density at radius 1 is 1.47 bits per heavy atom. The molecule has 1 amide bonds. The van der Waals surface area contributed by atoms with Crippen molar-refractivity contribution >= 4 is 12.2 Å². The fourth-order valence-electron chi connectivity index (χ4n) is 1.58. The Morgan fingerprint density at radius 2 is 2.12 bits per heavy atom. The molecule has 1 aromatic heterocycles. The third-order valence-electron chi connectivity index (χ3n) is 2.54. The number of aldehydes is 1. The van der Waals surface area contributed by atoms with E-state index < -0.39 is 0 Å². The van der Waals surface area contributed by atoms with E-state index in [0.29, 0.717) is 25.1 Å². The standard InChI is InChI=1S/C12H16N2O3/c1-4-14(5-2)12(16)11-9(8-15)10(17-3)6-7-13-11/h6-8H,4-5H2,1-3H3. The normalized spacial score (nSPS) is 9.82. The maximum absolute atomic E-state index is 12.1. The first-order valence-electron chi connectivity index (χ1n) is 5.46. The molecule has 92 valence electrons. The number of aromatic nitrogens is 1. The van der Waals surface area contributed by atoms with Crippen molar-refractivity contribution in [3.63, 3.8) is 0 Å². The molecular formula is C12H16N2O3. The first kappa shape index (κ1) is 13.2. The van der Waals surface area contributed by atoms with Crippen molar-refractivity contribution in [3.8, 4) is 5.75 Å². The van der Waals surface area contributed by atoms with Crippen LogP contribution in [-0.2, 0) is 0 Å². The molecule has 0 atom stereocenters. The second kappa shape index (κ2) is 5.98. The van der Waals surface area contributed by atoms with E-state index in [-0.39, 0.29) is 17.2 Å². The average molecular weight is 236 g/mol. The summed E-state index contributed by atoms with van der Waals surface area (Å²) in [5.41, 5.74) is 0.343. The first-order chi connectivity index (χ1) is 8.19. The van der Waals surface area contributed by atoms with Gasteiger partial charge in [-0.15, -0.1) is 0 Å². The van der Waals surface area contributed by atoms with E-state index in [4.69, 9.17) is 4.74 Å². The number of nitrogens with zero attached hydrogens (tertiary/aromatic N) is 2. The van der Waals surface area contributed by atoms with Crippen molar-refractivity contribution in [2.45, 2.75) is 13.8 Å². The number of hydrogen-bond donors (Lipinski definition) is 0. The van der Waals surface area contributed by atoms with Crippen LogP contribution in [0.15, 0.2) is 12.3 Å². The monoisotopic (exact) mass is 236 g/mol. The molecule has 0 aliphatic carbocycles. The number of pyridine rings is 1. The van der Waals surface area contributed by atoms with Gasteiger partial charge in [-0.1, -0.05) is 0 Å². The summed E-state index contributed by atoms with van der Waals surface area (Å²) in [6.45, 7) is 4.91. The molecule has 0 N–H and O–H groups in total. The number of methoxy groups -OCH3 is 1. The van der Waals surface area contributed by atoms with Gasteiger partial charge in [0, 0.05) is 19.3 Å². The van der Waals surface area contributed by atoms with Crippen LogP contribution < -0.4 is 4.74 Å². The van der Waals surface area contributed by atoms with Gasteiger partial charge in [0.1, 0.15) is 11.4 Å². The van der Waals surface area contributed by atoms with Gasteiger partial charge in [-0.3, -0.25) is 14.6 Å². The molecule has 5 nitrogen and oxygen atoms in total. The zero-order chi connectivity index (χ0) is 12.8. The summed E-state index contributed by atoms with van der Waals surface area (Å²) in [4.78, 5) is 28.7. The van der Waals surface area contributed by atoms with E-state index >= 15 is 0 Å². The molecule has 0 bridgehead atoms. The van der Waals surface area contributed by atoms with E-state index in [1.807, 2.05) is 13.8 Å². The van der Waals surface area contributed by atoms with Crippen LogP contribution in [0.5, 0.6) is 5.75 Å². The van der Waals surface area contributed by atoms with Crippen LogP contribution in [0.3, 0.4) is 0 Å². The smallest absolute Gasteiger partial charge is 0.273 e. The van der Waals surface area contributed by atoms with Gasteiger partial charge < -0.3 is 9.64 Å². The second-order valence-corrected chi connectivity index (χ2v) is 3.37. The molecule has 0 aromatic carbocycles. The van der Waals surface area contributed by atoms with Gasteiger partial charge in [-0.25, -0.2) is 0 Å². The van der Waals surface area contributed by atoms with Crippen molar-refractivity contribution in [3.05, 3.63) is 23.5 Å². The van der Waals surface area contributed by atoms with Gasteiger partial charge in [0.15, 0.2) is 6.29 Å². The molecule has 0 aliphatic rings. The maximum atomic E-state index is 12.1. The van der Waals surface area contributed by atoms with Gasteiger partial charge in [0.05, 0.1) is 12.7 Å². The SMILES string of the molecule is CCN(CC)C(=O)c1nccc(OC)c1C=O. The van der Waals surface area contributed by atoms with Crippen LogP contribution in [0.4, 0.5) is 0 Å². The molecule has 0 saturated carbocycles. The van der Waals surface area contributed by atoms with Crippen molar-refractivity contribution in [2.24, 2.45) is 0 Å². The summed E-state index contributed by atoms with van der Waals surface area (Å²) in [6.07, 6.45) is 2.06. The second-order valence-electron chi connectivity index (χ2n) is 3.37. The van der Waals surface area contributed by atoms with Gasteiger partial charge >= 0.3 is 0 Å². The fraction of sp³-hybridized carbons (Fsp3) is 0.417. The van der Waals surface area contributed by atoms with Crippen molar-refractivity contribution in [1.82, 2.24) is 9.88 Å². The van der Waals surface area contributed by atoms with Crippen LogP contribution in [0.25, 0.3) is 0 Å². The Hall–Kier alpha value is -1.91. The number of rotatable bonds is 5. The molecule has 1 heterocycles. The molecule has 1 aromatic rings. The van der Waals surface area contributed by atoms with Crippen LogP contribution in [-0.4, -0.2) is 42.3 Å². The Labute approximate surface area is 100 Å². The Balaban J connectivity index is 3.21. The highest BCUT2D eigenvalue weighted by atomic mass is 16.5. The van der Waals surface area contributed by atoms with Crippen molar-refractivity contribution in [2.75, 3.05) is 20.2 Å². The average Bonchev–Trinajstić information content (AvgIpc) is 2.38. The van der Waals surface area contributed by atoms with Gasteiger partial charge in [0.2, 0.25) is 0 Å². The predicted molar refractivity (Wildman–Crippen MR) is 63.4 cm³/mol. The highest BCUT2D eigenvalue weighted by Gasteiger charge is 2.20. The van der Waals surface area contributed by atoms with E-state index in [1.165, 1.54) is 13.3 Å². The number of carbonyl (C=O) groups excluding carboxylic acids is 2. The van der Waals surface area contributed by atoms with Gasteiger partial charge in [-0.2, -0.15) is 0 Å². The topological polar surface area (TPSA) is 59.5 Å². The molecule has 0 unspecified atom stereocenters. The summed E-state index contributed by atoms with van der Waals surface area (Å²) in [5.74, 6) is 0.113. The number of ether oxygens (including phenoxy) is 1. The summed E-state index contributed by atoms with van der Waals surface area (Å²) in [6, 6.07) is 1.56. The summed E-state index contributed by atoms with van der Waals surface area (Å²) in [7, 11) is 1.45. The molecule has 1 rings (SSSR count). The molecular weight excluding hydrogens is 220 g/mol. The first-order valence-corrected chi connectivity index (χ1v) is 5.46. The number of amides is 1. The lowest BCUT2D eigenvalue weighted by Gasteiger charge is -2.19. The van der Waals surface area contributed by atoms with Crippen LogP contribution in [0.2, 0.25) is 0 Å². The molecule has 0 aliphatic heterocycles. The maximum Gasteiger partial charge on any atom is 0.273 e. The lowest BCUT2D eigenvalue weighted by Crippen LogP contribution is -2.32. The third kappa shape index (κ3) is 2.61. The fourth-order valence-corrected chi connectivity index (χ4v) is 1.58. The summed E-state index contributed by atoms with van der Waals surface area (Å²) < 4.78 is 5.03. The summed E-state index contributed by atoms with van der Waals surface area (Å²) in [5, 5.41) is 0. The minimum atomic E-state index is -0.254. The number of carbonyl (C=O) groups is 2. The Kier molecular flexibility index (Phi) is 4.63. The third-order valence-corrected chi connectivity index (χ3v) is 2.54. The largest absolute Gasteiger partial charge is 0.496 e. The minimum Gasteiger partial charge on any atom is -0.496 e. The molecule has 17 heavy (non-hydrogen) atoms. The molecule has 0 fully saturated rings. The highest BCUT2D eigenvalue weighted by Crippen LogP contribution is 2.19. The lowest BCUT2D eigenvalue weighted by molar-refractivity contribution is 0.0763. The Morgan fingerprint density at radius 3 is 2.59 bits per heavy atom. The van der Waals surface area contributed by atoms with Crippen molar-refractivity contribution in [1.29, 1.82) is 0 Å². The highest BCUT2D eigenvalue weighted by molar-refractivity contribution is 6.01. The van der Waals surface area contributed by atoms with Crippen LogP contribution in [0.1, 0.15) is 34.7 Å². The summed E-state index contributed by atoms with van der Waals surface area (Å²) >= 11 is 0. The van der Waals surface area contributed by atoms with E-state index in [2.05, 4.69) is 4.98 Å². The molecule has 0 saturated heterocycles. The van der Waals surface area contributed by atoms with E-state index in [0.717, 1.165) is 0 Å². The zero-order valence-electron chi connectivity index (χ0n) is 10.3. The van der Waals surface area contributed by atoms with Crippen LogP contribution in [0, 0.1) is 0 Å². The van der Waals surface area contributed by atoms with E-state index in [1.54, 1.807) is 11.0 Å². The minimum absolute atomic E-state index is 0.142. The van der Waals surface area contributed by atoms with E-state index in [9.17, 15) is 9.59 Å². The lowest BCUT2D eigenvalue weighted by atomic mass is 10.1. The number of hydrogen-bond acceptors (Lipinski definition) is 4. The zero-order valence-corrected chi connectivity index (χ0v) is 10.3. The molecule has 5 heteroatoms. The van der Waals surface area contributed by atoms with Gasteiger partial charge in [-0.05, 0) is 19.9 Å². The quantitative estimate of drug-likeness (QED) is 0.725. The predicted octanol–water partition coefficient (Wildman–Crippen LogP) is 1.38.